The lowest BCUT2D eigenvalue weighted by molar-refractivity contribution is 1.55. The second-order valence-corrected chi connectivity index (χ2v) is 7.52. The van der Waals surface area contributed by atoms with Gasteiger partial charge in [-0.15, -0.1) is 11.3 Å². The quantitative estimate of drug-likeness (QED) is 0.256. The third-order valence-corrected chi connectivity index (χ3v) is 6.24. The van der Waals surface area contributed by atoms with Crippen LogP contribution in [0.5, 0.6) is 0 Å². The molecule has 3 heteroatoms. The van der Waals surface area contributed by atoms with E-state index in [-0.39, 0.29) is 0 Å². The van der Waals surface area contributed by atoms with Crippen molar-refractivity contribution < 1.29 is 0 Å². The summed E-state index contributed by atoms with van der Waals surface area (Å²) in [7, 11) is 0. The molecule has 5 aromatic rings. The second kappa shape index (κ2) is 6.22. The molecule has 0 unspecified atom stereocenters. The Balaban J connectivity index is 1.91. The number of fused-ring (bicyclic) bond motifs is 7. The molecule has 2 aromatic heterocycles. The predicted molar refractivity (Wildman–Crippen MR) is 121 cm³/mol. The molecule has 2 heterocycles. The molecular weight excluding hydrogens is 348 g/mol. The largest absolute Gasteiger partial charge is 0.353 e. The highest BCUT2D eigenvalue weighted by Crippen LogP contribution is 2.42. The van der Waals surface area contributed by atoms with Gasteiger partial charge in [-0.2, -0.15) is 0 Å². The van der Waals surface area contributed by atoms with E-state index in [0.717, 1.165) is 11.3 Å². The van der Waals surface area contributed by atoms with Gasteiger partial charge in [-0.1, -0.05) is 61.2 Å². The highest BCUT2D eigenvalue weighted by molar-refractivity contribution is 7.27. The van der Waals surface area contributed by atoms with Gasteiger partial charge in [-0.05, 0) is 19.1 Å². The number of nitrogens with one attached hydrogen (secondary N) is 1. The molecule has 2 nitrogen and oxygen atoms in total. The molecule has 0 atom stereocenters. The van der Waals surface area contributed by atoms with Gasteiger partial charge in [0.2, 0.25) is 0 Å². The Labute approximate surface area is 161 Å². The van der Waals surface area contributed by atoms with Crippen LogP contribution in [0.15, 0.2) is 78.3 Å². The molecule has 0 radical (unpaired) electrons. The maximum Gasteiger partial charge on any atom is 0.0712 e. The van der Waals surface area contributed by atoms with Gasteiger partial charge < -0.3 is 4.98 Å². The Bertz CT molecular complexity index is 1400. The SMILES string of the molecule is C=C/C=C(\N=CC)c1cccc2c1sc1c2ccc2c3ccccc3[nH]c21. The number of aliphatic imine (C=N–C) groups is 1. The maximum absolute atomic E-state index is 4.57. The summed E-state index contributed by atoms with van der Waals surface area (Å²) in [6.45, 7) is 5.78. The van der Waals surface area contributed by atoms with Crippen molar-refractivity contribution in [2.75, 3.05) is 0 Å². The van der Waals surface area contributed by atoms with E-state index in [0.29, 0.717) is 0 Å². The van der Waals surface area contributed by atoms with Crippen LogP contribution in [0.1, 0.15) is 12.5 Å². The van der Waals surface area contributed by atoms with Crippen molar-refractivity contribution >= 4 is 65.2 Å². The van der Waals surface area contributed by atoms with Gasteiger partial charge >= 0.3 is 0 Å². The average Bonchev–Trinajstić information content (AvgIpc) is 3.26. The number of rotatable bonds is 3. The molecule has 0 aliphatic rings. The topological polar surface area (TPSA) is 28.1 Å². The average molecular weight is 366 g/mol. The van der Waals surface area contributed by atoms with Crippen LogP contribution in [0.3, 0.4) is 0 Å². The lowest BCUT2D eigenvalue weighted by Crippen LogP contribution is -1.82. The summed E-state index contributed by atoms with van der Waals surface area (Å²) in [6.07, 6.45) is 5.60. The fourth-order valence-electron chi connectivity index (χ4n) is 3.83. The molecule has 0 amide bonds. The molecular formula is C24H18N2S. The third-order valence-electron chi connectivity index (χ3n) is 4.96. The molecule has 0 fully saturated rings. The minimum Gasteiger partial charge on any atom is -0.353 e. The van der Waals surface area contributed by atoms with E-state index in [1.54, 1.807) is 6.08 Å². The highest BCUT2D eigenvalue weighted by Gasteiger charge is 2.15. The Morgan fingerprint density at radius 2 is 1.70 bits per heavy atom. The standard InChI is InChI=1S/C24H18N2S/c1-3-8-20(25-4-2)19-11-7-10-17-18-14-13-16-15-9-5-6-12-21(15)26-22(16)24(18)27-23(17)19/h3-14,26H,1H2,2H3/b20-8-,25-4?. The van der Waals surface area contributed by atoms with Crippen molar-refractivity contribution in [2.45, 2.75) is 6.92 Å². The number of aromatic nitrogens is 1. The minimum absolute atomic E-state index is 0.942. The fourth-order valence-corrected chi connectivity index (χ4v) is 5.15. The van der Waals surface area contributed by atoms with Crippen LogP contribution in [0.4, 0.5) is 0 Å². The summed E-state index contributed by atoms with van der Waals surface area (Å²) in [5.74, 6) is 0. The predicted octanol–water partition coefficient (Wildman–Crippen LogP) is 7.31. The van der Waals surface area contributed by atoms with Gasteiger partial charge in [-0.25, -0.2) is 0 Å². The number of para-hydroxylation sites is 1. The summed E-state index contributed by atoms with van der Waals surface area (Å²) in [6, 6.07) is 19.4. The number of nitrogens with zero attached hydrogens (tertiary/aromatic N) is 1. The molecule has 130 valence electrons. The number of hydrogen-bond donors (Lipinski definition) is 1. The van der Waals surface area contributed by atoms with Crippen LogP contribution in [-0.2, 0) is 0 Å². The first-order valence-corrected chi connectivity index (χ1v) is 9.80. The molecule has 1 N–H and O–H groups in total. The van der Waals surface area contributed by atoms with E-state index in [1.165, 1.54) is 42.0 Å². The van der Waals surface area contributed by atoms with Gasteiger partial charge in [0.15, 0.2) is 0 Å². The molecule has 0 spiro atoms. The summed E-state index contributed by atoms with van der Waals surface area (Å²) in [5.41, 5.74) is 4.49. The molecule has 0 bridgehead atoms. The molecule has 0 aliphatic carbocycles. The number of hydrogen-bond acceptors (Lipinski definition) is 2. The summed E-state index contributed by atoms with van der Waals surface area (Å²) >= 11 is 1.83. The van der Waals surface area contributed by atoms with Crippen LogP contribution in [0.25, 0.3) is 47.7 Å². The smallest absolute Gasteiger partial charge is 0.0712 e. The molecule has 0 aliphatic heterocycles. The Hall–Kier alpha value is -3.17. The first-order chi connectivity index (χ1) is 13.3. The van der Waals surface area contributed by atoms with Crippen molar-refractivity contribution in [1.29, 1.82) is 0 Å². The highest BCUT2D eigenvalue weighted by atomic mass is 32.1. The lowest BCUT2D eigenvalue weighted by Gasteiger charge is -2.03. The van der Waals surface area contributed by atoms with Crippen molar-refractivity contribution in [3.05, 3.63) is 78.9 Å². The molecule has 5 rings (SSSR count). The summed E-state index contributed by atoms with van der Waals surface area (Å²) in [5, 5.41) is 5.11. The van der Waals surface area contributed by atoms with Crippen LogP contribution >= 0.6 is 11.3 Å². The van der Waals surface area contributed by atoms with Gasteiger partial charge in [-0.3, -0.25) is 4.99 Å². The normalized spacial score (nSPS) is 12.9. The first kappa shape index (κ1) is 16.0. The zero-order chi connectivity index (χ0) is 18.4. The van der Waals surface area contributed by atoms with E-state index < -0.39 is 0 Å². The maximum atomic E-state index is 4.57. The van der Waals surface area contributed by atoms with Crippen LogP contribution in [0.2, 0.25) is 0 Å². The number of benzene rings is 3. The van der Waals surface area contributed by atoms with E-state index in [9.17, 15) is 0 Å². The van der Waals surface area contributed by atoms with Crippen LogP contribution in [-0.4, -0.2) is 11.2 Å². The number of H-pyrrole nitrogens is 1. The van der Waals surface area contributed by atoms with Gasteiger partial charge in [0.1, 0.15) is 0 Å². The van der Waals surface area contributed by atoms with Crippen LogP contribution in [0, 0.1) is 0 Å². The van der Waals surface area contributed by atoms with Crippen molar-refractivity contribution in [3.63, 3.8) is 0 Å². The summed E-state index contributed by atoms with van der Waals surface area (Å²) < 4.78 is 2.56. The number of aromatic amines is 1. The van der Waals surface area contributed by atoms with Gasteiger partial charge in [0, 0.05) is 43.5 Å². The van der Waals surface area contributed by atoms with Crippen molar-refractivity contribution in [2.24, 2.45) is 4.99 Å². The van der Waals surface area contributed by atoms with Crippen LogP contribution < -0.4 is 0 Å². The van der Waals surface area contributed by atoms with E-state index in [2.05, 4.69) is 71.2 Å². The second-order valence-electron chi connectivity index (χ2n) is 6.49. The lowest BCUT2D eigenvalue weighted by atomic mass is 10.1. The van der Waals surface area contributed by atoms with Gasteiger partial charge in [0.25, 0.3) is 0 Å². The van der Waals surface area contributed by atoms with Crippen molar-refractivity contribution in [1.82, 2.24) is 4.98 Å². The van der Waals surface area contributed by atoms with E-state index >= 15 is 0 Å². The first-order valence-electron chi connectivity index (χ1n) is 8.98. The number of allylic oxidation sites excluding steroid dienone is 2. The third kappa shape index (κ3) is 2.36. The molecule has 0 saturated carbocycles. The molecule has 3 aromatic carbocycles. The Morgan fingerprint density at radius 1 is 0.926 bits per heavy atom. The van der Waals surface area contributed by atoms with Crippen molar-refractivity contribution in [3.8, 4) is 0 Å². The van der Waals surface area contributed by atoms with E-state index in [1.807, 2.05) is 30.6 Å². The fraction of sp³-hybridized carbons (Fsp3) is 0.0417. The summed E-state index contributed by atoms with van der Waals surface area (Å²) in [4.78, 5) is 8.20. The van der Waals surface area contributed by atoms with Gasteiger partial charge in [0.05, 0.1) is 15.9 Å². The molecule has 0 saturated heterocycles. The zero-order valence-electron chi connectivity index (χ0n) is 15.0. The number of thiophene rings is 1. The Morgan fingerprint density at radius 3 is 2.56 bits per heavy atom. The monoisotopic (exact) mass is 366 g/mol. The van der Waals surface area contributed by atoms with E-state index in [4.69, 9.17) is 0 Å². The minimum atomic E-state index is 0.942. The zero-order valence-corrected chi connectivity index (χ0v) is 15.8. The molecule has 27 heavy (non-hydrogen) atoms. The Kier molecular flexibility index (Phi) is 3.69.